The molecule has 3 rings (SSSR count). The van der Waals surface area contributed by atoms with E-state index in [1.807, 2.05) is 102 Å². The molecule has 2 aromatic carbocycles. The summed E-state index contributed by atoms with van der Waals surface area (Å²) >= 11 is 0. The zero-order valence-electron chi connectivity index (χ0n) is 14.3. The fourth-order valence-corrected chi connectivity index (χ4v) is 1.23. The van der Waals surface area contributed by atoms with Gasteiger partial charge in [0.05, 0.1) is 0 Å². The first-order chi connectivity index (χ1) is 10.5. The van der Waals surface area contributed by atoms with E-state index in [1.165, 1.54) is 0 Å². The van der Waals surface area contributed by atoms with Gasteiger partial charge < -0.3 is 9.47 Å². The molecule has 1 heterocycles. The molecule has 2 nitrogen and oxygen atoms in total. The lowest BCUT2D eigenvalue weighted by molar-refractivity contribution is 0.174. The van der Waals surface area contributed by atoms with Crippen LogP contribution in [0.2, 0.25) is 0 Å². The molecule has 0 atom stereocenters. The maximum Gasteiger partial charge on any atom is 0.231 e. The molecule has 1 aliphatic rings. The molecule has 0 amide bonds. The van der Waals surface area contributed by atoms with Crippen LogP contribution in [0.25, 0.3) is 0 Å². The largest absolute Gasteiger partial charge is 0.454 e. The fourth-order valence-electron chi connectivity index (χ4n) is 1.23. The van der Waals surface area contributed by atoms with Crippen molar-refractivity contribution in [2.75, 3.05) is 6.79 Å². The quantitative estimate of drug-likeness (QED) is 0.501. The van der Waals surface area contributed by atoms with Crippen molar-refractivity contribution in [2.24, 2.45) is 0 Å². The van der Waals surface area contributed by atoms with Gasteiger partial charge in [0, 0.05) is 0 Å². The van der Waals surface area contributed by atoms with Gasteiger partial charge in [-0.05, 0) is 12.1 Å². The Kier molecular flexibility index (Phi) is 31.7. The number of fused-ring (bicyclic) bond motifs is 1. The zero-order chi connectivity index (χ0) is 16.3. The molecule has 0 unspecified atom stereocenters. The Bertz CT molecular complexity index is 350. The van der Waals surface area contributed by atoms with Crippen LogP contribution < -0.4 is 9.47 Å². The number of rotatable bonds is 0. The van der Waals surface area contributed by atoms with E-state index in [4.69, 9.17) is 9.47 Å². The third kappa shape index (κ3) is 14.7. The minimum absolute atomic E-state index is 0. The summed E-state index contributed by atoms with van der Waals surface area (Å²) in [5, 5.41) is 0. The molecule has 0 saturated carbocycles. The molecule has 0 aromatic heterocycles. The van der Waals surface area contributed by atoms with Crippen molar-refractivity contribution in [3.05, 3.63) is 60.7 Å². The number of benzene rings is 2. The molecule has 0 spiro atoms. The van der Waals surface area contributed by atoms with E-state index >= 15 is 0 Å². The van der Waals surface area contributed by atoms with Gasteiger partial charge in [-0.3, -0.25) is 0 Å². The number of hydrogen-bond acceptors (Lipinski definition) is 2. The van der Waals surface area contributed by atoms with Crippen molar-refractivity contribution >= 4 is 0 Å². The van der Waals surface area contributed by atoms with Crippen LogP contribution in [0.1, 0.15) is 56.4 Å². The first-order valence-corrected chi connectivity index (χ1v) is 7.81. The predicted molar refractivity (Wildman–Crippen MR) is 107 cm³/mol. The van der Waals surface area contributed by atoms with Crippen LogP contribution in [0.5, 0.6) is 11.5 Å². The molecular weight excluding hydrogens is 284 g/mol. The van der Waals surface area contributed by atoms with Crippen LogP contribution in [-0.4, -0.2) is 6.79 Å². The topological polar surface area (TPSA) is 18.5 Å². The third-order valence-electron chi connectivity index (χ3n) is 1.94. The van der Waals surface area contributed by atoms with E-state index in [0.717, 1.165) is 11.5 Å². The second kappa shape index (κ2) is 25.0. The van der Waals surface area contributed by atoms with Crippen LogP contribution >= 0.6 is 0 Å². The van der Waals surface area contributed by atoms with Crippen LogP contribution in [0.4, 0.5) is 0 Å². The number of hydrogen-bond donors (Lipinski definition) is 0. The Balaban J connectivity index is -0.000000115. The molecule has 2 heteroatoms. The summed E-state index contributed by atoms with van der Waals surface area (Å²) in [5.74, 6) is 1.69. The Morgan fingerprint density at radius 2 is 0.783 bits per heavy atom. The van der Waals surface area contributed by atoms with Gasteiger partial charge >= 0.3 is 0 Å². The van der Waals surface area contributed by atoms with Gasteiger partial charge in [-0.2, -0.15) is 0 Å². The summed E-state index contributed by atoms with van der Waals surface area (Å²) in [6.45, 7) is 12.4. The molecule has 0 N–H and O–H groups in total. The first-order valence-electron chi connectivity index (χ1n) is 7.81. The lowest BCUT2D eigenvalue weighted by Crippen LogP contribution is -1.92. The first kappa shape index (κ1) is 29.1. The Morgan fingerprint density at radius 3 is 1.04 bits per heavy atom. The van der Waals surface area contributed by atoms with Gasteiger partial charge in [0.15, 0.2) is 11.5 Å². The van der Waals surface area contributed by atoms with E-state index in [2.05, 4.69) is 0 Å². The average molecular weight is 323 g/mol. The van der Waals surface area contributed by atoms with Gasteiger partial charge in [0.2, 0.25) is 6.79 Å². The molecule has 0 bridgehead atoms. The van der Waals surface area contributed by atoms with E-state index in [-0.39, 0.29) is 14.9 Å². The van der Waals surface area contributed by atoms with Crippen LogP contribution in [0.3, 0.4) is 0 Å². The van der Waals surface area contributed by atoms with Crippen molar-refractivity contribution < 1.29 is 9.47 Å². The van der Waals surface area contributed by atoms with Crippen molar-refractivity contribution in [1.82, 2.24) is 0 Å². The molecule has 0 fully saturated rings. The highest BCUT2D eigenvalue weighted by Crippen LogP contribution is 2.30. The van der Waals surface area contributed by atoms with E-state index in [9.17, 15) is 0 Å². The van der Waals surface area contributed by atoms with Gasteiger partial charge in [0.1, 0.15) is 0 Å². The summed E-state index contributed by atoms with van der Waals surface area (Å²) < 4.78 is 10.2. The third-order valence-corrected chi connectivity index (χ3v) is 1.94. The van der Waals surface area contributed by atoms with Crippen molar-refractivity contribution in [1.29, 1.82) is 0 Å². The summed E-state index contributed by atoms with van der Waals surface area (Å²) in [4.78, 5) is 0. The van der Waals surface area contributed by atoms with Crippen LogP contribution in [-0.2, 0) is 0 Å². The molecule has 134 valence electrons. The van der Waals surface area contributed by atoms with Crippen LogP contribution in [0.15, 0.2) is 60.7 Å². The summed E-state index contributed by atoms with van der Waals surface area (Å²) in [7, 11) is 0. The van der Waals surface area contributed by atoms with Crippen LogP contribution in [0, 0.1) is 0 Å². The highest BCUT2D eigenvalue weighted by Gasteiger charge is 2.09. The molecule has 0 aliphatic carbocycles. The lowest BCUT2D eigenvalue weighted by atomic mass is 10.3. The minimum atomic E-state index is 0. The Labute approximate surface area is 145 Å². The van der Waals surface area contributed by atoms with Crippen molar-refractivity contribution in [2.45, 2.75) is 56.4 Å². The van der Waals surface area contributed by atoms with E-state index in [1.54, 1.807) is 0 Å². The average Bonchev–Trinajstić information content (AvgIpc) is 3.11. The Morgan fingerprint density at radius 1 is 0.522 bits per heavy atom. The van der Waals surface area contributed by atoms with Gasteiger partial charge in [0.25, 0.3) is 0 Å². The molecule has 23 heavy (non-hydrogen) atoms. The highest BCUT2D eigenvalue weighted by molar-refractivity contribution is 5.40. The van der Waals surface area contributed by atoms with Crippen molar-refractivity contribution in [3.8, 4) is 11.5 Å². The van der Waals surface area contributed by atoms with Crippen molar-refractivity contribution in [3.63, 3.8) is 0 Å². The highest BCUT2D eigenvalue weighted by atomic mass is 16.7. The smallest absolute Gasteiger partial charge is 0.231 e. The second-order valence-electron chi connectivity index (χ2n) is 3.01. The molecule has 0 radical (unpaired) electrons. The molecular formula is C21H38O2. The molecule has 1 aliphatic heterocycles. The fraction of sp³-hybridized carbons (Fsp3) is 0.429. The Hall–Kier alpha value is -1.96. The molecule has 2 aromatic rings. The minimum Gasteiger partial charge on any atom is -0.454 e. The lowest BCUT2D eigenvalue weighted by Gasteiger charge is -1.89. The van der Waals surface area contributed by atoms with Gasteiger partial charge in [-0.1, -0.05) is 105 Å². The number of ether oxygens (including phenoxy) is 2. The van der Waals surface area contributed by atoms with Gasteiger partial charge in [-0.15, -0.1) is 0 Å². The summed E-state index contributed by atoms with van der Waals surface area (Å²) in [6, 6.07) is 19.6. The monoisotopic (exact) mass is 322 g/mol. The normalized spacial score (nSPS) is 8.26. The number of para-hydroxylation sites is 2. The van der Waals surface area contributed by atoms with E-state index in [0.29, 0.717) is 6.79 Å². The predicted octanol–water partition coefficient (Wildman–Crippen LogP) is 7.45. The van der Waals surface area contributed by atoms with Gasteiger partial charge in [-0.25, -0.2) is 0 Å². The SMILES string of the molecule is C.C.CC.CC.CC.c1ccc2c(c1)OCO2.c1ccccc1. The summed E-state index contributed by atoms with van der Waals surface area (Å²) in [5.41, 5.74) is 0. The maximum absolute atomic E-state index is 5.08. The zero-order valence-corrected chi connectivity index (χ0v) is 14.3. The second-order valence-corrected chi connectivity index (χ2v) is 3.01. The molecule has 0 saturated heterocycles. The maximum atomic E-state index is 5.08. The summed E-state index contributed by atoms with van der Waals surface area (Å²) in [6.07, 6.45) is 0. The van der Waals surface area contributed by atoms with E-state index < -0.39 is 0 Å². The standard InChI is InChI=1S/C7H6O2.C6H6.3C2H6.2CH4/c1-2-4-7-6(3-1)8-5-9-7;1-2-4-6-5-3-1;3*1-2;;/h1-4H,5H2;1-6H;3*1-2H3;2*1H4.